The van der Waals surface area contributed by atoms with Gasteiger partial charge in [0.2, 0.25) is 0 Å². The van der Waals surface area contributed by atoms with E-state index < -0.39 is 4.93 Å². The van der Waals surface area contributed by atoms with E-state index in [1.165, 1.54) is 16.7 Å². The lowest BCUT2D eigenvalue weighted by Gasteiger charge is -2.29. The van der Waals surface area contributed by atoms with E-state index in [4.69, 9.17) is 9.47 Å². The first kappa shape index (κ1) is 16.2. The van der Waals surface area contributed by atoms with Crippen LogP contribution < -0.4 is 4.74 Å². The van der Waals surface area contributed by atoms with Crippen molar-refractivity contribution in [3.8, 4) is 5.75 Å². The smallest absolute Gasteiger partial charge is 0.165 e. The fourth-order valence-electron chi connectivity index (χ4n) is 3.33. The Balaban J connectivity index is 1.77. The van der Waals surface area contributed by atoms with E-state index in [9.17, 15) is 0 Å². The van der Waals surface area contributed by atoms with Crippen molar-refractivity contribution in [2.45, 2.75) is 10.2 Å². The minimum Gasteiger partial charge on any atom is -0.496 e. The number of thioether (sulfide) groups is 1. The van der Waals surface area contributed by atoms with Crippen molar-refractivity contribution in [1.82, 2.24) is 0 Å². The first-order valence-electron chi connectivity index (χ1n) is 8.39. The van der Waals surface area contributed by atoms with Gasteiger partial charge in [-0.05, 0) is 17.2 Å². The van der Waals surface area contributed by atoms with Crippen molar-refractivity contribution < 1.29 is 9.47 Å². The molecule has 0 saturated carbocycles. The van der Waals surface area contributed by atoms with E-state index in [0.29, 0.717) is 6.61 Å². The van der Waals surface area contributed by atoms with E-state index in [1.54, 1.807) is 7.11 Å². The highest BCUT2D eigenvalue weighted by atomic mass is 32.2. The van der Waals surface area contributed by atoms with Crippen LogP contribution in [0.4, 0.5) is 0 Å². The molecule has 25 heavy (non-hydrogen) atoms. The Kier molecular flexibility index (Phi) is 4.51. The van der Waals surface area contributed by atoms with Crippen LogP contribution >= 0.6 is 11.8 Å². The van der Waals surface area contributed by atoms with Gasteiger partial charge in [0.15, 0.2) is 4.93 Å². The van der Waals surface area contributed by atoms with Crippen molar-refractivity contribution in [2.24, 2.45) is 0 Å². The summed E-state index contributed by atoms with van der Waals surface area (Å²) in [6.45, 7) is 0.648. The van der Waals surface area contributed by atoms with Gasteiger partial charge in [0.1, 0.15) is 5.75 Å². The van der Waals surface area contributed by atoms with Crippen molar-refractivity contribution in [1.29, 1.82) is 0 Å². The molecule has 1 aliphatic heterocycles. The Morgan fingerprint density at radius 2 is 1.40 bits per heavy atom. The molecule has 1 aliphatic rings. The second kappa shape index (κ2) is 6.95. The third kappa shape index (κ3) is 2.94. The monoisotopic (exact) mass is 348 g/mol. The lowest BCUT2D eigenvalue weighted by atomic mass is 10.0. The molecule has 2 nitrogen and oxygen atoms in total. The van der Waals surface area contributed by atoms with E-state index >= 15 is 0 Å². The minimum atomic E-state index is -0.492. The third-order valence-electron chi connectivity index (χ3n) is 4.54. The van der Waals surface area contributed by atoms with E-state index in [0.717, 1.165) is 5.75 Å². The molecule has 0 unspecified atom stereocenters. The maximum absolute atomic E-state index is 6.49. The van der Waals surface area contributed by atoms with Crippen LogP contribution in [-0.2, 0) is 9.67 Å². The maximum atomic E-state index is 6.49. The van der Waals surface area contributed by atoms with Gasteiger partial charge in [0.25, 0.3) is 0 Å². The SMILES string of the molecule is COc1ccccc1[C@H]1COC(c2ccccc2)(c2ccccc2)S1. The topological polar surface area (TPSA) is 18.5 Å². The number of hydrogen-bond donors (Lipinski definition) is 0. The molecule has 0 N–H and O–H groups in total. The molecule has 126 valence electrons. The second-order valence-electron chi connectivity index (χ2n) is 6.01. The standard InChI is InChI=1S/C22H20O2S/c1-23-20-15-9-8-14-19(20)21-16-24-22(25-21,17-10-4-2-5-11-17)18-12-6-3-7-13-18/h2-15,21H,16H2,1H3/t21-/m1/s1. The summed E-state index contributed by atoms with van der Waals surface area (Å²) in [5, 5.41) is 0.219. The number of ether oxygens (including phenoxy) is 2. The summed E-state index contributed by atoms with van der Waals surface area (Å²) in [6, 6.07) is 29.1. The van der Waals surface area contributed by atoms with Gasteiger partial charge in [-0.3, -0.25) is 0 Å². The van der Waals surface area contributed by atoms with Gasteiger partial charge < -0.3 is 9.47 Å². The maximum Gasteiger partial charge on any atom is 0.165 e. The number of methoxy groups -OCH3 is 1. The molecule has 0 bridgehead atoms. The highest BCUT2D eigenvalue weighted by Gasteiger charge is 2.45. The Hall–Kier alpha value is -2.23. The molecule has 1 fully saturated rings. The predicted octanol–water partition coefficient (Wildman–Crippen LogP) is 5.40. The summed E-state index contributed by atoms with van der Waals surface area (Å²) in [5.41, 5.74) is 3.52. The molecule has 4 rings (SSSR count). The van der Waals surface area contributed by atoms with Crippen LogP contribution in [-0.4, -0.2) is 13.7 Å². The Morgan fingerprint density at radius 1 is 0.840 bits per heavy atom. The summed E-state index contributed by atoms with van der Waals surface area (Å²) in [4.78, 5) is -0.492. The van der Waals surface area contributed by atoms with Crippen LogP contribution in [0.5, 0.6) is 5.75 Å². The highest BCUT2D eigenvalue weighted by Crippen LogP contribution is 2.57. The molecule has 0 aromatic heterocycles. The van der Waals surface area contributed by atoms with Crippen LogP contribution in [0.2, 0.25) is 0 Å². The van der Waals surface area contributed by atoms with E-state index in [2.05, 4.69) is 60.7 Å². The van der Waals surface area contributed by atoms with Crippen LogP contribution in [0.3, 0.4) is 0 Å². The van der Waals surface area contributed by atoms with Crippen LogP contribution in [0.25, 0.3) is 0 Å². The quantitative estimate of drug-likeness (QED) is 0.629. The van der Waals surface area contributed by atoms with Crippen molar-refractivity contribution in [2.75, 3.05) is 13.7 Å². The number of para-hydroxylation sites is 1. The third-order valence-corrected chi connectivity index (χ3v) is 6.14. The Morgan fingerprint density at radius 3 is 2.00 bits per heavy atom. The zero-order valence-corrected chi connectivity index (χ0v) is 14.9. The fourth-order valence-corrected chi connectivity index (χ4v) is 4.87. The zero-order valence-electron chi connectivity index (χ0n) is 14.1. The molecule has 0 radical (unpaired) electrons. The van der Waals surface area contributed by atoms with Crippen LogP contribution in [0, 0.1) is 0 Å². The number of rotatable bonds is 4. The molecule has 0 spiro atoms. The largest absolute Gasteiger partial charge is 0.496 e. The summed E-state index contributed by atoms with van der Waals surface area (Å²) in [6.07, 6.45) is 0. The summed E-state index contributed by atoms with van der Waals surface area (Å²) < 4.78 is 12.1. The molecular formula is C22H20O2S. The van der Waals surface area contributed by atoms with E-state index in [1.807, 2.05) is 36.0 Å². The van der Waals surface area contributed by atoms with Gasteiger partial charge in [-0.2, -0.15) is 0 Å². The van der Waals surface area contributed by atoms with Gasteiger partial charge in [0.05, 0.1) is 19.0 Å². The molecular weight excluding hydrogens is 328 g/mol. The minimum absolute atomic E-state index is 0.219. The summed E-state index contributed by atoms with van der Waals surface area (Å²) in [7, 11) is 1.72. The summed E-state index contributed by atoms with van der Waals surface area (Å²) in [5.74, 6) is 0.917. The number of benzene rings is 3. The Labute approximate surface area is 152 Å². The van der Waals surface area contributed by atoms with E-state index in [-0.39, 0.29) is 5.25 Å². The molecule has 3 aromatic rings. The average Bonchev–Trinajstić information content (AvgIpc) is 3.16. The lowest BCUT2D eigenvalue weighted by molar-refractivity contribution is 0.0731. The zero-order chi connectivity index (χ0) is 17.1. The fraction of sp³-hybridized carbons (Fsp3) is 0.182. The van der Waals surface area contributed by atoms with Crippen LogP contribution in [0.15, 0.2) is 84.9 Å². The molecule has 1 atom stereocenters. The molecule has 1 saturated heterocycles. The molecule has 0 aliphatic carbocycles. The normalized spacial score (nSPS) is 18.8. The predicted molar refractivity (Wildman–Crippen MR) is 103 cm³/mol. The van der Waals surface area contributed by atoms with Gasteiger partial charge in [-0.15, -0.1) is 11.8 Å². The highest BCUT2D eigenvalue weighted by molar-refractivity contribution is 8.00. The molecule has 1 heterocycles. The second-order valence-corrected chi connectivity index (χ2v) is 7.39. The first-order chi connectivity index (χ1) is 12.3. The summed E-state index contributed by atoms with van der Waals surface area (Å²) >= 11 is 1.84. The van der Waals surface area contributed by atoms with Crippen molar-refractivity contribution in [3.63, 3.8) is 0 Å². The Bertz CT molecular complexity index is 793. The van der Waals surface area contributed by atoms with Gasteiger partial charge in [0, 0.05) is 5.56 Å². The first-order valence-corrected chi connectivity index (χ1v) is 9.27. The van der Waals surface area contributed by atoms with Crippen molar-refractivity contribution >= 4 is 11.8 Å². The van der Waals surface area contributed by atoms with Crippen LogP contribution in [0.1, 0.15) is 21.9 Å². The van der Waals surface area contributed by atoms with Crippen molar-refractivity contribution in [3.05, 3.63) is 102 Å². The number of hydrogen-bond acceptors (Lipinski definition) is 3. The molecule has 3 aromatic carbocycles. The lowest BCUT2D eigenvalue weighted by Crippen LogP contribution is -2.22. The van der Waals surface area contributed by atoms with Gasteiger partial charge in [-0.1, -0.05) is 78.9 Å². The molecule has 3 heteroatoms. The van der Waals surface area contributed by atoms with Gasteiger partial charge >= 0.3 is 0 Å². The molecule has 0 amide bonds. The van der Waals surface area contributed by atoms with Gasteiger partial charge in [-0.25, -0.2) is 0 Å². The average molecular weight is 348 g/mol.